The van der Waals surface area contributed by atoms with E-state index in [0.29, 0.717) is 45.3 Å². The standard InChI is InChI=1S/C45H27N3O2/c1-3-13-28(14-4-1)30-17-9-18-31(27-30)44-46-43(29-15-5-2-6-16-29)47-45(48-44)37-24-11-23-36-40-33(20-12-26-39(40)50-42(36)37)35-22-10-21-34-32-19-7-8-25-38(32)49-41(34)35/h1-27H/i1D,3D,4D,13D,14D. The predicted molar refractivity (Wildman–Crippen MR) is 202 cm³/mol. The predicted octanol–water partition coefficient (Wildman–Crippen LogP) is 12.0. The van der Waals surface area contributed by atoms with Crippen LogP contribution in [0, 0.1) is 0 Å². The molecule has 7 aromatic carbocycles. The van der Waals surface area contributed by atoms with E-state index in [0.717, 1.165) is 49.4 Å². The summed E-state index contributed by atoms with van der Waals surface area (Å²) in [5.41, 5.74) is 7.49. The van der Waals surface area contributed by atoms with Crippen LogP contribution in [0.15, 0.2) is 173 Å². The fraction of sp³-hybridized carbons (Fsp3) is 0. The Morgan fingerprint density at radius 3 is 1.86 bits per heavy atom. The summed E-state index contributed by atoms with van der Waals surface area (Å²) in [7, 11) is 0. The number of hydrogen-bond donors (Lipinski definition) is 0. The highest BCUT2D eigenvalue weighted by Gasteiger charge is 2.21. The summed E-state index contributed by atoms with van der Waals surface area (Å²) in [6.07, 6.45) is 0. The molecule has 50 heavy (non-hydrogen) atoms. The highest BCUT2D eigenvalue weighted by atomic mass is 16.3. The monoisotopic (exact) mass is 646 g/mol. The van der Waals surface area contributed by atoms with Crippen LogP contribution in [0.1, 0.15) is 6.85 Å². The van der Waals surface area contributed by atoms with Crippen molar-refractivity contribution in [1.82, 2.24) is 15.0 Å². The molecular weight excluding hydrogens is 615 g/mol. The first-order valence-corrected chi connectivity index (χ1v) is 16.2. The van der Waals surface area contributed by atoms with Crippen molar-refractivity contribution in [3.05, 3.63) is 164 Å². The van der Waals surface area contributed by atoms with Crippen LogP contribution < -0.4 is 0 Å². The summed E-state index contributed by atoms with van der Waals surface area (Å²) < 4.78 is 54.7. The lowest BCUT2D eigenvalue weighted by molar-refractivity contribution is 0.669. The van der Waals surface area contributed by atoms with Gasteiger partial charge in [0, 0.05) is 38.2 Å². The van der Waals surface area contributed by atoms with Crippen LogP contribution in [0.3, 0.4) is 0 Å². The van der Waals surface area contributed by atoms with Crippen LogP contribution in [-0.4, -0.2) is 15.0 Å². The first kappa shape index (κ1) is 23.5. The van der Waals surface area contributed by atoms with E-state index in [-0.39, 0.29) is 17.6 Å². The minimum absolute atomic E-state index is 0.103. The lowest BCUT2D eigenvalue weighted by atomic mass is 9.97. The minimum Gasteiger partial charge on any atom is -0.455 e. The molecule has 10 aromatic rings. The fourth-order valence-corrected chi connectivity index (χ4v) is 6.76. The molecule has 5 heteroatoms. The summed E-state index contributed by atoms with van der Waals surface area (Å²) in [5, 5.41) is 3.93. The second-order valence-corrected chi connectivity index (χ2v) is 12.0. The average molecular weight is 647 g/mol. The Kier molecular flexibility index (Phi) is 5.35. The van der Waals surface area contributed by atoms with Gasteiger partial charge >= 0.3 is 0 Å². The molecule has 0 fully saturated rings. The minimum atomic E-state index is -0.442. The van der Waals surface area contributed by atoms with Crippen molar-refractivity contribution >= 4 is 43.9 Å². The van der Waals surface area contributed by atoms with E-state index < -0.39 is 18.1 Å². The first-order chi connectivity index (χ1) is 26.9. The van der Waals surface area contributed by atoms with Gasteiger partial charge in [0.2, 0.25) is 0 Å². The third kappa shape index (κ3) is 4.60. The average Bonchev–Trinajstić information content (AvgIpc) is 3.81. The van der Waals surface area contributed by atoms with Crippen molar-refractivity contribution in [2.24, 2.45) is 0 Å². The molecule has 3 heterocycles. The Morgan fingerprint density at radius 1 is 0.400 bits per heavy atom. The van der Waals surface area contributed by atoms with Crippen molar-refractivity contribution < 1.29 is 15.7 Å². The highest BCUT2D eigenvalue weighted by molar-refractivity contribution is 6.18. The quantitative estimate of drug-likeness (QED) is 0.186. The molecule has 0 aliphatic rings. The van der Waals surface area contributed by atoms with Crippen molar-refractivity contribution in [2.75, 3.05) is 0 Å². The molecule has 0 spiro atoms. The van der Waals surface area contributed by atoms with Gasteiger partial charge in [0.05, 0.1) is 12.4 Å². The van der Waals surface area contributed by atoms with E-state index in [1.165, 1.54) is 0 Å². The summed E-state index contributed by atoms with van der Waals surface area (Å²) in [6.45, 7) is 0. The largest absolute Gasteiger partial charge is 0.455 e. The van der Waals surface area contributed by atoms with E-state index in [9.17, 15) is 0 Å². The molecular formula is C45H27N3O2. The molecule has 0 saturated carbocycles. The van der Waals surface area contributed by atoms with Crippen LogP contribution >= 0.6 is 0 Å². The number of para-hydroxylation sites is 3. The van der Waals surface area contributed by atoms with E-state index in [4.69, 9.17) is 30.6 Å². The van der Waals surface area contributed by atoms with Crippen molar-refractivity contribution in [2.45, 2.75) is 0 Å². The molecule has 234 valence electrons. The SMILES string of the molecule is [2H]c1c([2H])c([2H])c(-c2cccc(-c3nc(-c4ccccc4)nc(-c4cccc5c4oc4cccc(-c6cccc7c6oc6ccccc67)c45)n3)c2)c([2H])c1[2H]. The van der Waals surface area contributed by atoms with Gasteiger partial charge in [-0.2, -0.15) is 0 Å². The number of aromatic nitrogens is 3. The van der Waals surface area contributed by atoms with Crippen LogP contribution in [0.25, 0.3) is 100 Å². The third-order valence-electron chi connectivity index (χ3n) is 9.03. The van der Waals surface area contributed by atoms with Gasteiger partial charge < -0.3 is 8.83 Å². The Hall–Kier alpha value is -6.85. The zero-order chi connectivity index (χ0) is 37.4. The van der Waals surface area contributed by atoms with Crippen molar-refractivity contribution in [1.29, 1.82) is 0 Å². The van der Waals surface area contributed by atoms with Crippen LogP contribution in [0.4, 0.5) is 0 Å². The molecule has 0 amide bonds. The number of rotatable bonds is 5. The summed E-state index contributed by atoms with van der Waals surface area (Å²) in [5.74, 6) is 1.19. The Morgan fingerprint density at radius 2 is 0.980 bits per heavy atom. The van der Waals surface area contributed by atoms with Gasteiger partial charge in [0.25, 0.3) is 0 Å². The van der Waals surface area contributed by atoms with E-state index in [1.54, 1.807) is 18.2 Å². The molecule has 0 bridgehead atoms. The van der Waals surface area contributed by atoms with Gasteiger partial charge in [-0.3, -0.25) is 0 Å². The molecule has 0 atom stereocenters. The van der Waals surface area contributed by atoms with Gasteiger partial charge in [-0.05, 0) is 41.0 Å². The Bertz CT molecular complexity index is 3150. The maximum Gasteiger partial charge on any atom is 0.167 e. The number of hydrogen-bond acceptors (Lipinski definition) is 5. The molecule has 0 saturated heterocycles. The fourth-order valence-electron chi connectivity index (χ4n) is 6.76. The Labute approximate surface area is 294 Å². The topological polar surface area (TPSA) is 65.0 Å². The van der Waals surface area contributed by atoms with Gasteiger partial charge in [-0.1, -0.05) is 139 Å². The highest BCUT2D eigenvalue weighted by Crippen LogP contribution is 2.43. The van der Waals surface area contributed by atoms with E-state index in [1.807, 2.05) is 84.9 Å². The molecule has 3 aromatic heterocycles. The second-order valence-electron chi connectivity index (χ2n) is 12.0. The second kappa shape index (κ2) is 11.4. The summed E-state index contributed by atoms with van der Waals surface area (Å²) in [6, 6.07) is 41.1. The van der Waals surface area contributed by atoms with Crippen LogP contribution in [0.5, 0.6) is 0 Å². The van der Waals surface area contributed by atoms with Gasteiger partial charge in [0.1, 0.15) is 22.3 Å². The van der Waals surface area contributed by atoms with Crippen molar-refractivity contribution in [3.8, 4) is 56.4 Å². The molecule has 0 unspecified atom stereocenters. The lowest BCUT2D eigenvalue weighted by Gasteiger charge is -2.10. The molecule has 5 nitrogen and oxygen atoms in total. The van der Waals surface area contributed by atoms with Gasteiger partial charge in [-0.15, -0.1) is 0 Å². The maximum absolute atomic E-state index is 8.57. The number of fused-ring (bicyclic) bond motifs is 6. The zero-order valence-corrected chi connectivity index (χ0v) is 26.4. The van der Waals surface area contributed by atoms with Crippen molar-refractivity contribution in [3.63, 3.8) is 0 Å². The third-order valence-corrected chi connectivity index (χ3v) is 9.03. The maximum atomic E-state index is 8.57. The molecule has 0 aliphatic carbocycles. The zero-order valence-electron chi connectivity index (χ0n) is 31.4. The molecule has 0 aliphatic heterocycles. The van der Waals surface area contributed by atoms with Gasteiger partial charge in [-0.25, -0.2) is 15.0 Å². The van der Waals surface area contributed by atoms with E-state index >= 15 is 0 Å². The smallest absolute Gasteiger partial charge is 0.167 e. The normalized spacial score (nSPS) is 13.0. The van der Waals surface area contributed by atoms with Crippen LogP contribution in [-0.2, 0) is 0 Å². The van der Waals surface area contributed by atoms with Crippen LogP contribution in [0.2, 0.25) is 0 Å². The number of nitrogens with zero attached hydrogens (tertiary/aromatic N) is 3. The van der Waals surface area contributed by atoms with E-state index in [2.05, 4.69) is 30.3 Å². The molecule has 0 N–H and O–H groups in total. The first-order valence-electron chi connectivity index (χ1n) is 18.7. The number of benzene rings is 7. The molecule has 10 rings (SSSR count). The summed E-state index contributed by atoms with van der Waals surface area (Å²) in [4.78, 5) is 14.9. The van der Waals surface area contributed by atoms with Gasteiger partial charge in [0.15, 0.2) is 17.5 Å². The molecule has 0 radical (unpaired) electrons. The number of furan rings is 2. The lowest BCUT2D eigenvalue weighted by Crippen LogP contribution is -2.00. The Balaban J connectivity index is 1.18. The summed E-state index contributed by atoms with van der Waals surface area (Å²) >= 11 is 0.